The Morgan fingerprint density at radius 1 is 0.935 bits per heavy atom. The van der Waals surface area contributed by atoms with Crippen LogP contribution >= 0.6 is 0 Å². The Kier molecular flexibility index (Phi) is 8.46. The third-order valence-electron chi connectivity index (χ3n) is 5.21. The van der Waals surface area contributed by atoms with Gasteiger partial charge in [-0.05, 0) is 43.5 Å². The molecule has 0 aliphatic carbocycles. The van der Waals surface area contributed by atoms with Gasteiger partial charge in [0, 0.05) is 31.1 Å². The average molecular weight is 424 g/mol. The highest BCUT2D eigenvalue weighted by Gasteiger charge is 2.23. The monoisotopic (exact) mass is 423 g/mol. The molecule has 3 rings (SSSR count). The van der Waals surface area contributed by atoms with Crippen LogP contribution in [-0.4, -0.2) is 54.9 Å². The number of hydrogen-bond acceptors (Lipinski definition) is 4. The summed E-state index contributed by atoms with van der Waals surface area (Å²) >= 11 is 0. The van der Waals surface area contributed by atoms with E-state index in [-0.39, 0.29) is 30.3 Å². The normalized spacial score (nSPS) is 14.0. The van der Waals surface area contributed by atoms with Gasteiger partial charge in [0.05, 0.1) is 13.2 Å². The summed E-state index contributed by atoms with van der Waals surface area (Å²) in [6, 6.07) is 18.4. The highest BCUT2D eigenvalue weighted by atomic mass is 16.5. The number of benzene rings is 2. The zero-order valence-corrected chi connectivity index (χ0v) is 17.6. The van der Waals surface area contributed by atoms with Gasteiger partial charge in [-0.3, -0.25) is 14.4 Å². The molecule has 2 aromatic rings. The predicted octanol–water partition coefficient (Wildman–Crippen LogP) is 2.38. The zero-order chi connectivity index (χ0) is 21.9. The SMILES string of the molecule is O=C(CNC(=O)c1ccccc1)NC1CCN(C(=O)CCCOc2ccccc2)CC1. The van der Waals surface area contributed by atoms with Gasteiger partial charge < -0.3 is 20.3 Å². The summed E-state index contributed by atoms with van der Waals surface area (Å²) in [7, 11) is 0. The van der Waals surface area contributed by atoms with Gasteiger partial charge in [0.1, 0.15) is 5.75 Å². The predicted molar refractivity (Wildman–Crippen MR) is 118 cm³/mol. The first-order chi connectivity index (χ1) is 15.1. The molecule has 0 saturated carbocycles. The van der Waals surface area contributed by atoms with E-state index < -0.39 is 0 Å². The lowest BCUT2D eigenvalue weighted by Gasteiger charge is -2.32. The number of hydrogen-bond donors (Lipinski definition) is 2. The summed E-state index contributed by atoms with van der Waals surface area (Å²) in [5.41, 5.74) is 0.524. The number of carbonyl (C=O) groups is 3. The number of likely N-dealkylation sites (tertiary alicyclic amines) is 1. The number of amides is 3. The molecule has 1 saturated heterocycles. The molecule has 1 heterocycles. The fourth-order valence-electron chi connectivity index (χ4n) is 3.49. The Bertz CT molecular complexity index is 850. The van der Waals surface area contributed by atoms with Crippen LogP contribution in [0.2, 0.25) is 0 Å². The van der Waals surface area contributed by atoms with Crippen molar-refractivity contribution in [3.8, 4) is 5.75 Å². The van der Waals surface area contributed by atoms with E-state index in [0.717, 1.165) is 5.75 Å². The maximum absolute atomic E-state index is 12.4. The van der Waals surface area contributed by atoms with Crippen molar-refractivity contribution in [2.24, 2.45) is 0 Å². The molecule has 0 spiro atoms. The van der Waals surface area contributed by atoms with Crippen molar-refractivity contribution < 1.29 is 19.1 Å². The largest absolute Gasteiger partial charge is 0.494 e. The number of nitrogens with one attached hydrogen (secondary N) is 2. The van der Waals surface area contributed by atoms with Gasteiger partial charge in [0.15, 0.2) is 0 Å². The lowest BCUT2D eigenvalue weighted by molar-refractivity contribution is -0.132. The molecule has 0 bridgehead atoms. The summed E-state index contributed by atoms with van der Waals surface area (Å²) in [5.74, 6) is 0.447. The van der Waals surface area contributed by atoms with Crippen LogP contribution in [0.25, 0.3) is 0 Å². The molecule has 31 heavy (non-hydrogen) atoms. The van der Waals surface area contributed by atoms with E-state index in [1.54, 1.807) is 24.3 Å². The minimum Gasteiger partial charge on any atom is -0.494 e. The summed E-state index contributed by atoms with van der Waals surface area (Å²) in [6.45, 7) is 1.70. The maximum Gasteiger partial charge on any atom is 0.251 e. The molecule has 0 aromatic heterocycles. The molecule has 3 amide bonds. The second-order valence-corrected chi connectivity index (χ2v) is 7.54. The number of para-hydroxylation sites is 1. The van der Waals surface area contributed by atoms with Gasteiger partial charge in [0.2, 0.25) is 11.8 Å². The standard InChI is InChI=1S/C24H29N3O4/c28-22(18-25-24(30)19-8-3-1-4-9-19)26-20-13-15-27(16-14-20)23(29)12-7-17-31-21-10-5-2-6-11-21/h1-6,8-11,20H,7,12-18H2,(H,25,30)(H,26,28). The van der Waals surface area contributed by atoms with Crippen LogP contribution < -0.4 is 15.4 Å². The zero-order valence-electron chi connectivity index (χ0n) is 17.6. The first kappa shape index (κ1) is 22.3. The number of rotatable bonds is 9. The second kappa shape index (κ2) is 11.7. The van der Waals surface area contributed by atoms with Crippen molar-refractivity contribution >= 4 is 17.7 Å². The Morgan fingerprint density at radius 3 is 2.26 bits per heavy atom. The maximum atomic E-state index is 12.4. The smallest absolute Gasteiger partial charge is 0.251 e. The number of ether oxygens (including phenoxy) is 1. The molecule has 1 fully saturated rings. The fourth-order valence-corrected chi connectivity index (χ4v) is 3.49. The minimum atomic E-state index is -0.271. The molecular weight excluding hydrogens is 394 g/mol. The molecule has 2 aromatic carbocycles. The minimum absolute atomic E-state index is 0.0200. The van der Waals surface area contributed by atoms with E-state index >= 15 is 0 Å². The molecule has 1 aliphatic heterocycles. The van der Waals surface area contributed by atoms with Crippen LogP contribution in [-0.2, 0) is 9.59 Å². The van der Waals surface area contributed by atoms with Crippen molar-refractivity contribution in [1.29, 1.82) is 0 Å². The molecule has 7 heteroatoms. The average Bonchev–Trinajstić information content (AvgIpc) is 2.82. The first-order valence-electron chi connectivity index (χ1n) is 10.7. The van der Waals surface area contributed by atoms with E-state index in [1.165, 1.54) is 0 Å². The van der Waals surface area contributed by atoms with Gasteiger partial charge in [-0.2, -0.15) is 0 Å². The van der Waals surface area contributed by atoms with E-state index in [9.17, 15) is 14.4 Å². The first-order valence-corrected chi connectivity index (χ1v) is 10.7. The molecule has 0 unspecified atom stereocenters. The van der Waals surface area contributed by atoms with Crippen LogP contribution in [0.5, 0.6) is 5.75 Å². The third-order valence-corrected chi connectivity index (χ3v) is 5.21. The molecule has 0 atom stereocenters. The topological polar surface area (TPSA) is 87.7 Å². The molecule has 164 valence electrons. The third kappa shape index (κ3) is 7.44. The van der Waals surface area contributed by atoms with E-state index in [2.05, 4.69) is 10.6 Å². The Hall–Kier alpha value is -3.35. The Balaban J connectivity index is 1.28. The van der Waals surface area contributed by atoms with E-state index in [1.807, 2.05) is 41.3 Å². The summed E-state index contributed by atoms with van der Waals surface area (Å²) in [6.07, 6.45) is 2.55. The summed E-state index contributed by atoms with van der Waals surface area (Å²) < 4.78 is 5.62. The lowest BCUT2D eigenvalue weighted by Crippen LogP contribution is -2.48. The van der Waals surface area contributed by atoms with Gasteiger partial charge in [0.25, 0.3) is 5.91 Å². The van der Waals surface area contributed by atoms with Crippen LogP contribution in [0.1, 0.15) is 36.0 Å². The van der Waals surface area contributed by atoms with E-state index in [0.29, 0.717) is 50.9 Å². The molecule has 7 nitrogen and oxygen atoms in total. The Morgan fingerprint density at radius 2 is 1.58 bits per heavy atom. The van der Waals surface area contributed by atoms with Crippen LogP contribution in [0, 0.1) is 0 Å². The van der Waals surface area contributed by atoms with Gasteiger partial charge >= 0.3 is 0 Å². The second-order valence-electron chi connectivity index (χ2n) is 7.54. The van der Waals surface area contributed by atoms with Gasteiger partial charge in [-0.1, -0.05) is 36.4 Å². The molecule has 2 N–H and O–H groups in total. The van der Waals surface area contributed by atoms with Crippen LogP contribution in [0.4, 0.5) is 0 Å². The van der Waals surface area contributed by atoms with Crippen molar-refractivity contribution in [2.75, 3.05) is 26.2 Å². The van der Waals surface area contributed by atoms with Crippen molar-refractivity contribution in [1.82, 2.24) is 15.5 Å². The fraction of sp³-hybridized carbons (Fsp3) is 0.375. The highest BCUT2D eigenvalue weighted by Crippen LogP contribution is 2.13. The summed E-state index contributed by atoms with van der Waals surface area (Å²) in [5, 5.41) is 5.57. The van der Waals surface area contributed by atoms with Crippen LogP contribution in [0.15, 0.2) is 60.7 Å². The van der Waals surface area contributed by atoms with Gasteiger partial charge in [-0.15, -0.1) is 0 Å². The molecular formula is C24H29N3O4. The van der Waals surface area contributed by atoms with Crippen molar-refractivity contribution in [3.05, 3.63) is 66.2 Å². The number of nitrogens with zero attached hydrogens (tertiary/aromatic N) is 1. The van der Waals surface area contributed by atoms with Crippen molar-refractivity contribution in [3.63, 3.8) is 0 Å². The van der Waals surface area contributed by atoms with E-state index in [4.69, 9.17) is 4.74 Å². The molecule has 1 aliphatic rings. The quantitative estimate of drug-likeness (QED) is 0.606. The highest BCUT2D eigenvalue weighted by molar-refractivity contribution is 5.96. The van der Waals surface area contributed by atoms with Crippen molar-refractivity contribution in [2.45, 2.75) is 31.7 Å². The van der Waals surface area contributed by atoms with Gasteiger partial charge in [-0.25, -0.2) is 0 Å². The molecule has 0 radical (unpaired) electrons. The lowest BCUT2D eigenvalue weighted by atomic mass is 10.0. The summed E-state index contributed by atoms with van der Waals surface area (Å²) in [4.78, 5) is 38.4. The Labute approximate surface area is 182 Å². The number of piperidine rings is 1. The van der Waals surface area contributed by atoms with Crippen LogP contribution in [0.3, 0.4) is 0 Å². The number of carbonyl (C=O) groups excluding carboxylic acids is 3.